The molecule has 0 radical (unpaired) electrons. The SMILES string of the molecule is CCCCCCC(CCCCCC)C(=O)N1CC2(CN(CC(CCCC)CCCCC)C2)C1. The predicted molar refractivity (Wildman–Crippen MR) is 144 cm³/mol. The molecule has 33 heavy (non-hydrogen) atoms. The highest BCUT2D eigenvalue weighted by Gasteiger charge is 2.53. The zero-order chi connectivity index (χ0) is 23.9. The fourth-order valence-corrected chi connectivity index (χ4v) is 6.30. The van der Waals surface area contributed by atoms with Crippen LogP contribution >= 0.6 is 0 Å². The minimum atomic E-state index is 0.296. The van der Waals surface area contributed by atoms with Gasteiger partial charge in [0.1, 0.15) is 0 Å². The number of rotatable bonds is 20. The van der Waals surface area contributed by atoms with E-state index in [-0.39, 0.29) is 0 Å². The van der Waals surface area contributed by atoms with Crippen LogP contribution in [0, 0.1) is 17.3 Å². The maximum atomic E-state index is 13.3. The third-order valence-corrected chi connectivity index (χ3v) is 8.34. The van der Waals surface area contributed by atoms with Gasteiger partial charge in [0.15, 0.2) is 0 Å². The number of hydrogen-bond donors (Lipinski definition) is 0. The second-order valence-corrected chi connectivity index (χ2v) is 11.8. The molecule has 1 atom stereocenters. The van der Waals surface area contributed by atoms with Gasteiger partial charge in [0, 0.05) is 44.1 Å². The minimum absolute atomic E-state index is 0.296. The Labute approximate surface area is 207 Å². The summed E-state index contributed by atoms with van der Waals surface area (Å²) in [4.78, 5) is 18.3. The molecule has 0 aliphatic carbocycles. The van der Waals surface area contributed by atoms with E-state index in [4.69, 9.17) is 0 Å². The molecule has 1 spiro atoms. The van der Waals surface area contributed by atoms with Crippen molar-refractivity contribution >= 4 is 5.91 Å². The largest absolute Gasteiger partial charge is 0.341 e. The molecule has 1 amide bonds. The van der Waals surface area contributed by atoms with Gasteiger partial charge in [-0.05, 0) is 31.6 Å². The molecule has 0 saturated carbocycles. The van der Waals surface area contributed by atoms with Crippen LogP contribution in [0.5, 0.6) is 0 Å². The van der Waals surface area contributed by atoms with E-state index in [2.05, 4.69) is 37.5 Å². The van der Waals surface area contributed by atoms with Gasteiger partial charge in [0.25, 0.3) is 0 Å². The summed E-state index contributed by atoms with van der Waals surface area (Å²) < 4.78 is 0. The first-order chi connectivity index (χ1) is 16.1. The Morgan fingerprint density at radius 1 is 0.636 bits per heavy atom. The summed E-state index contributed by atoms with van der Waals surface area (Å²) >= 11 is 0. The second kappa shape index (κ2) is 16.2. The lowest BCUT2D eigenvalue weighted by Gasteiger charge is -2.61. The molecule has 2 aliphatic heterocycles. The lowest BCUT2D eigenvalue weighted by molar-refractivity contribution is -0.164. The summed E-state index contributed by atoms with van der Waals surface area (Å²) in [5.74, 6) is 1.68. The average Bonchev–Trinajstić information content (AvgIpc) is 2.76. The number of hydrogen-bond acceptors (Lipinski definition) is 2. The van der Waals surface area contributed by atoms with Crippen molar-refractivity contribution < 1.29 is 4.79 Å². The Morgan fingerprint density at radius 3 is 1.67 bits per heavy atom. The highest BCUT2D eigenvalue weighted by Crippen LogP contribution is 2.41. The van der Waals surface area contributed by atoms with Crippen LogP contribution in [-0.4, -0.2) is 48.4 Å². The molecular weight excluding hydrogens is 404 g/mol. The molecule has 194 valence electrons. The van der Waals surface area contributed by atoms with Crippen molar-refractivity contribution in [2.45, 2.75) is 137 Å². The summed E-state index contributed by atoms with van der Waals surface area (Å²) in [7, 11) is 0. The maximum Gasteiger partial charge on any atom is 0.225 e. The Morgan fingerprint density at radius 2 is 1.12 bits per heavy atom. The van der Waals surface area contributed by atoms with Crippen molar-refractivity contribution in [3.8, 4) is 0 Å². The van der Waals surface area contributed by atoms with E-state index in [0.717, 1.165) is 31.8 Å². The van der Waals surface area contributed by atoms with Crippen LogP contribution in [0.15, 0.2) is 0 Å². The number of amides is 1. The zero-order valence-corrected chi connectivity index (χ0v) is 23.0. The van der Waals surface area contributed by atoms with E-state index in [9.17, 15) is 4.79 Å². The first-order valence-corrected chi connectivity index (χ1v) is 15.1. The lowest BCUT2D eigenvalue weighted by Crippen LogP contribution is -2.73. The van der Waals surface area contributed by atoms with Crippen LogP contribution in [0.1, 0.15) is 137 Å². The fraction of sp³-hybridized carbons (Fsp3) is 0.967. The van der Waals surface area contributed by atoms with E-state index in [1.54, 1.807) is 0 Å². The summed E-state index contributed by atoms with van der Waals surface area (Å²) in [6.07, 6.45) is 22.2. The van der Waals surface area contributed by atoms with Crippen LogP contribution in [0.25, 0.3) is 0 Å². The molecule has 2 saturated heterocycles. The predicted octanol–water partition coefficient (Wildman–Crippen LogP) is 8.07. The van der Waals surface area contributed by atoms with Gasteiger partial charge in [0.05, 0.1) is 0 Å². The van der Waals surface area contributed by atoms with Gasteiger partial charge in [-0.25, -0.2) is 0 Å². The van der Waals surface area contributed by atoms with E-state index in [0.29, 0.717) is 17.2 Å². The molecule has 2 aliphatic rings. The maximum absolute atomic E-state index is 13.3. The first-order valence-electron chi connectivity index (χ1n) is 15.1. The third kappa shape index (κ3) is 9.90. The van der Waals surface area contributed by atoms with Crippen molar-refractivity contribution in [1.29, 1.82) is 0 Å². The molecule has 3 heteroatoms. The Hall–Kier alpha value is -0.570. The number of likely N-dealkylation sites (tertiary alicyclic amines) is 2. The van der Waals surface area contributed by atoms with Crippen LogP contribution in [0.3, 0.4) is 0 Å². The van der Waals surface area contributed by atoms with Gasteiger partial charge in [-0.1, -0.05) is 111 Å². The second-order valence-electron chi connectivity index (χ2n) is 11.8. The Kier molecular flexibility index (Phi) is 14.0. The molecule has 2 fully saturated rings. The van der Waals surface area contributed by atoms with Crippen molar-refractivity contribution in [3.05, 3.63) is 0 Å². The highest BCUT2D eigenvalue weighted by atomic mass is 16.2. The average molecular weight is 463 g/mol. The topological polar surface area (TPSA) is 23.6 Å². The molecule has 2 rings (SSSR count). The molecule has 0 bridgehead atoms. The van der Waals surface area contributed by atoms with Gasteiger partial charge >= 0.3 is 0 Å². The standard InChI is InChI=1S/C30H58N2O/c1-5-9-13-16-20-28(21-17-14-10-6-2)29(33)32-25-30(26-32)23-31(24-30)22-27(18-12-8-4)19-15-11-7-3/h27-28H,5-26H2,1-4H3. The van der Waals surface area contributed by atoms with E-state index in [1.807, 2.05) is 0 Å². The summed E-state index contributed by atoms with van der Waals surface area (Å²) in [6, 6.07) is 0. The van der Waals surface area contributed by atoms with Crippen LogP contribution in [0.4, 0.5) is 0 Å². The molecule has 1 unspecified atom stereocenters. The van der Waals surface area contributed by atoms with Crippen LogP contribution < -0.4 is 0 Å². The van der Waals surface area contributed by atoms with E-state index >= 15 is 0 Å². The van der Waals surface area contributed by atoms with Crippen LogP contribution in [0.2, 0.25) is 0 Å². The van der Waals surface area contributed by atoms with Gasteiger partial charge < -0.3 is 9.80 Å². The van der Waals surface area contributed by atoms with Crippen molar-refractivity contribution in [3.63, 3.8) is 0 Å². The summed E-state index contributed by atoms with van der Waals surface area (Å²) in [6.45, 7) is 15.0. The third-order valence-electron chi connectivity index (χ3n) is 8.34. The number of nitrogens with zero attached hydrogens (tertiary/aromatic N) is 2. The van der Waals surface area contributed by atoms with E-state index < -0.39 is 0 Å². The minimum Gasteiger partial charge on any atom is -0.341 e. The van der Waals surface area contributed by atoms with Crippen molar-refractivity contribution in [2.75, 3.05) is 32.7 Å². The van der Waals surface area contributed by atoms with Gasteiger partial charge in [0.2, 0.25) is 5.91 Å². The molecular formula is C30H58N2O. The van der Waals surface area contributed by atoms with Crippen molar-refractivity contribution in [1.82, 2.24) is 9.80 Å². The molecule has 2 heterocycles. The summed E-state index contributed by atoms with van der Waals surface area (Å²) in [5.41, 5.74) is 0.448. The molecule has 0 aromatic carbocycles. The van der Waals surface area contributed by atoms with Crippen molar-refractivity contribution in [2.24, 2.45) is 17.3 Å². The van der Waals surface area contributed by atoms with Gasteiger partial charge in [-0.2, -0.15) is 0 Å². The van der Waals surface area contributed by atoms with Gasteiger partial charge in [-0.15, -0.1) is 0 Å². The number of carbonyl (C=O) groups excluding carboxylic acids is 1. The first kappa shape index (κ1) is 28.7. The number of unbranched alkanes of at least 4 members (excludes halogenated alkanes) is 9. The summed E-state index contributed by atoms with van der Waals surface area (Å²) in [5, 5.41) is 0. The monoisotopic (exact) mass is 462 g/mol. The molecule has 3 nitrogen and oxygen atoms in total. The normalized spacial score (nSPS) is 18.5. The van der Waals surface area contributed by atoms with E-state index in [1.165, 1.54) is 116 Å². The Bertz CT molecular complexity index is 493. The lowest BCUT2D eigenvalue weighted by atomic mass is 9.71. The van der Waals surface area contributed by atoms with Crippen LogP contribution in [-0.2, 0) is 4.79 Å². The number of carbonyl (C=O) groups is 1. The fourth-order valence-electron chi connectivity index (χ4n) is 6.30. The quantitative estimate of drug-likeness (QED) is 0.171. The zero-order valence-electron chi connectivity index (χ0n) is 23.0. The highest BCUT2D eigenvalue weighted by molar-refractivity contribution is 5.80. The molecule has 0 aromatic rings. The smallest absolute Gasteiger partial charge is 0.225 e. The molecule has 0 aromatic heterocycles. The molecule has 0 N–H and O–H groups in total. The Balaban J connectivity index is 1.73. The van der Waals surface area contributed by atoms with Gasteiger partial charge in [-0.3, -0.25) is 4.79 Å².